The summed E-state index contributed by atoms with van der Waals surface area (Å²) in [5.41, 5.74) is 8.37. The monoisotopic (exact) mass is 694 g/mol. The van der Waals surface area contributed by atoms with Crippen molar-refractivity contribution in [3.8, 4) is 0 Å². The van der Waals surface area contributed by atoms with E-state index >= 15 is 0 Å². The molecule has 0 nitrogen and oxygen atoms in total. The topological polar surface area (TPSA) is 0 Å². The average molecular weight is 695 g/mol. The Morgan fingerprint density at radius 2 is 0.510 bits per heavy atom. The van der Waals surface area contributed by atoms with Crippen molar-refractivity contribution < 1.29 is 0 Å². The van der Waals surface area contributed by atoms with Crippen LogP contribution in [0.2, 0.25) is 0 Å². The minimum absolute atomic E-state index is 0.135. The van der Waals surface area contributed by atoms with E-state index in [1.165, 1.54) is 65.2 Å². The minimum Gasteiger partial charge on any atom is -0.0653 e. The SMILES string of the molecule is CCCC(P(c1ccccc1C)c1ccccc1C)(P(c1ccccc1C)c1ccccc1C)P(c1ccccc1C)c1ccccc1C. The van der Waals surface area contributed by atoms with E-state index in [1.807, 2.05) is 0 Å². The molecule has 6 rings (SSSR count). The normalized spacial score (nSPS) is 11.9. The fraction of sp³-hybridized carbons (Fsp3) is 0.217. The molecule has 6 aromatic carbocycles. The lowest BCUT2D eigenvalue weighted by Gasteiger charge is -2.54. The lowest BCUT2D eigenvalue weighted by atomic mass is 10.2. The molecule has 0 saturated heterocycles. The Labute approximate surface area is 299 Å². The summed E-state index contributed by atoms with van der Waals surface area (Å²) >= 11 is 0. The van der Waals surface area contributed by atoms with Crippen molar-refractivity contribution >= 4 is 55.6 Å². The van der Waals surface area contributed by atoms with Gasteiger partial charge in [-0.3, -0.25) is 0 Å². The van der Waals surface area contributed by atoms with Crippen LogP contribution >= 0.6 is 23.8 Å². The molecule has 0 fully saturated rings. The van der Waals surface area contributed by atoms with Crippen LogP contribution < -0.4 is 31.8 Å². The fourth-order valence-electron chi connectivity index (χ4n) is 7.40. The lowest BCUT2D eigenvalue weighted by Crippen LogP contribution is -2.44. The van der Waals surface area contributed by atoms with Gasteiger partial charge in [-0.2, -0.15) is 0 Å². The molecule has 0 aromatic heterocycles. The van der Waals surface area contributed by atoms with E-state index < -0.39 is 23.8 Å². The Bertz CT molecular complexity index is 1680. The summed E-state index contributed by atoms with van der Waals surface area (Å²) in [5, 5.41) is 9.11. The van der Waals surface area contributed by atoms with Gasteiger partial charge >= 0.3 is 0 Å². The van der Waals surface area contributed by atoms with E-state index in [-0.39, 0.29) is 4.64 Å². The largest absolute Gasteiger partial charge is 0.0653 e. The maximum absolute atomic E-state index is 2.48. The molecule has 49 heavy (non-hydrogen) atoms. The maximum atomic E-state index is 2.48. The van der Waals surface area contributed by atoms with Gasteiger partial charge in [-0.1, -0.05) is 159 Å². The van der Waals surface area contributed by atoms with E-state index in [2.05, 4.69) is 194 Å². The third-order valence-electron chi connectivity index (χ3n) is 9.80. The molecule has 0 atom stereocenters. The van der Waals surface area contributed by atoms with Gasteiger partial charge in [0.2, 0.25) is 0 Å². The second kappa shape index (κ2) is 15.7. The second-order valence-corrected chi connectivity index (χ2v) is 21.5. The molecular formula is C46H49P3. The summed E-state index contributed by atoms with van der Waals surface area (Å²) < 4.78 is -0.135. The zero-order chi connectivity index (χ0) is 34.5. The van der Waals surface area contributed by atoms with Crippen molar-refractivity contribution in [3.63, 3.8) is 0 Å². The Morgan fingerprint density at radius 1 is 0.327 bits per heavy atom. The molecule has 0 unspecified atom stereocenters. The van der Waals surface area contributed by atoms with Gasteiger partial charge < -0.3 is 0 Å². The highest BCUT2D eigenvalue weighted by atomic mass is 31.2. The van der Waals surface area contributed by atoms with Crippen LogP contribution in [-0.2, 0) is 0 Å². The molecule has 0 amide bonds. The smallest absolute Gasteiger partial charge is 0.0546 e. The zero-order valence-corrected chi connectivity index (χ0v) is 32.8. The van der Waals surface area contributed by atoms with Gasteiger partial charge in [0, 0.05) is 0 Å². The standard InChI is InChI=1S/C46H49P3/c1-8-33-46(47(40-27-15-9-21-34(40)2)41-28-16-10-22-35(41)3,48(42-29-17-11-23-36(42)4)43-30-18-12-24-37(43)5)49(44-31-19-13-25-38(44)6)45-32-20-14-26-39(45)7/h9-32H,8,33H2,1-7H3. The first kappa shape index (κ1) is 35.4. The molecule has 0 aliphatic carbocycles. The number of rotatable bonds is 11. The third-order valence-corrected chi connectivity index (χ3v) is 22.1. The summed E-state index contributed by atoms with van der Waals surface area (Å²) in [5.74, 6) is 0. The molecule has 0 bridgehead atoms. The fourth-order valence-corrected chi connectivity index (χ4v) is 22.1. The average Bonchev–Trinajstić information content (AvgIpc) is 3.10. The quantitative estimate of drug-likeness (QED) is 0.118. The van der Waals surface area contributed by atoms with Crippen LogP contribution in [0.15, 0.2) is 146 Å². The summed E-state index contributed by atoms with van der Waals surface area (Å²) in [4.78, 5) is 0. The highest BCUT2D eigenvalue weighted by molar-refractivity contribution is 8.05. The van der Waals surface area contributed by atoms with E-state index in [1.54, 1.807) is 0 Å². The first-order chi connectivity index (χ1) is 23.8. The van der Waals surface area contributed by atoms with Gasteiger partial charge in [0.15, 0.2) is 0 Å². The van der Waals surface area contributed by atoms with Crippen LogP contribution in [0, 0.1) is 41.5 Å². The summed E-state index contributed by atoms with van der Waals surface area (Å²) in [6.07, 6.45) is 2.22. The predicted octanol–water partition coefficient (Wildman–Crippen LogP) is 10.7. The molecule has 0 saturated carbocycles. The molecule has 3 heteroatoms. The number of benzene rings is 6. The maximum Gasteiger partial charge on any atom is 0.0546 e. The van der Waals surface area contributed by atoms with Crippen molar-refractivity contribution in [1.29, 1.82) is 0 Å². The van der Waals surface area contributed by atoms with Crippen molar-refractivity contribution in [2.75, 3.05) is 0 Å². The zero-order valence-electron chi connectivity index (χ0n) is 30.1. The molecule has 0 heterocycles. The van der Waals surface area contributed by atoms with E-state index in [4.69, 9.17) is 0 Å². The number of hydrogen-bond acceptors (Lipinski definition) is 0. The second-order valence-electron chi connectivity index (χ2n) is 13.2. The van der Waals surface area contributed by atoms with Gasteiger partial charge in [-0.25, -0.2) is 0 Å². The summed E-state index contributed by atoms with van der Waals surface area (Å²) in [7, 11) is -2.73. The van der Waals surface area contributed by atoms with E-state index in [9.17, 15) is 0 Å². The molecule has 248 valence electrons. The third kappa shape index (κ3) is 6.87. The Morgan fingerprint density at radius 3 is 0.673 bits per heavy atom. The van der Waals surface area contributed by atoms with Crippen LogP contribution in [-0.4, -0.2) is 4.64 Å². The van der Waals surface area contributed by atoms with Gasteiger partial charge in [0.05, 0.1) is 4.64 Å². The number of aryl methyl sites for hydroxylation is 6. The van der Waals surface area contributed by atoms with Gasteiger partial charge in [-0.15, -0.1) is 0 Å². The molecule has 0 aliphatic heterocycles. The van der Waals surface area contributed by atoms with Gasteiger partial charge in [-0.05, 0) is 137 Å². The van der Waals surface area contributed by atoms with E-state index in [0.29, 0.717) is 0 Å². The Kier molecular flexibility index (Phi) is 11.3. The van der Waals surface area contributed by atoms with Gasteiger partial charge in [0.1, 0.15) is 0 Å². The molecule has 0 radical (unpaired) electrons. The van der Waals surface area contributed by atoms with E-state index in [0.717, 1.165) is 12.8 Å². The van der Waals surface area contributed by atoms with Crippen LogP contribution in [0.25, 0.3) is 0 Å². The predicted molar refractivity (Wildman–Crippen MR) is 223 cm³/mol. The highest BCUT2D eigenvalue weighted by Gasteiger charge is 2.55. The van der Waals surface area contributed by atoms with Crippen molar-refractivity contribution in [1.82, 2.24) is 0 Å². The first-order valence-corrected chi connectivity index (χ1v) is 21.6. The minimum atomic E-state index is -0.911. The summed E-state index contributed by atoms with van der Waals surface area (Å²) in [6, 6.07) is 56.1. The van der Waals surface area contributed by atoms with Crippen molar-refractivity contribution in [2.24, 2.45) is 0 Å². The van der Waals surface area contributed by atoms with Crippen molar-refractivity contribution in [2.45, 2.75) is 65.9 Å². The van der Waals surface area contributed by atoms with Crippen molar-refractivity contribution in [3.05, 3.63) is 179 Å². The van der Waals surface area contributed by atoms with Crippen LogP contribution in [0.4, 0.5) is 0 Å². The van der Waals surface area contributed by atoms with Gasteiger partial charge in [0.25, 0.3) is 0 Å². The molecule has 6 aromatic rings. The Hall–Kier alpha value is -3.39. The molecule has 0 aliphatic rings. The lowest BCUT2D eigenvalue weighted by molar-refractivity contribution is 0.829. The molecular weight excluding hydrogens is 645 g/mol. The molecule has 0 N–H and O–H groups in total. The van der Waals surface area contributed by atoms with Crippen LogP contribution in [0.5, 0.6) is 0 Å². The van der Waals surface area contributed by atoms with Crippen LogP contribution in [0.1, 0.15) is 53.1 Å². The summed E-state index contributed by atoms with van der Waals surface area (Å²) in [6.45, 7) is 16.6. The number of hydrogen-bond donors (Lipinski definition) is 0. The van der Waals surface area contributed by atoms with Crippen LogP contribution in [0.3, 0.4) is 0 Å². The molecule has 0 spiro atoms. The first-order valence-electron chi connectivity index (χ1n) is 17.5. The Balaban J connectivity index is 1.92. The highest BCUT2D eigenvalue weighted by Crippen LogP contribution is 2.80.